The van der Waals surface area contributed by atoms with E-state index in [0.29, 0.717) is 13.1 Å². The first-order valence-electron chi connectivity index (χ1n) is 6.97. The van der Waals surface area contributed by atoms with Gasteiger partial charge in [-0.15, -0.1) is 0 Å². The zero-order chi connectivity index (χ0) is 14.2. The van der Waals surface area contributed by atoms with Crippen LogP contribution in [0.25, 0.3) is 0 Å². The predicted octanol–water partition coefficient (Wildman–Crippen LogP) is 1.70. The van der Waals surface area contributed by atoms with Crippen molar-refractivity contribution in [3.8, 4) is 0 Å². The van der Waals surface area contributed by atoms with E-state index >= 15 is 0 Å². The van der Waals surface area contributed by atoms with Gasteiger partial charge >= 0.3 is 0 Å². The second-order valence-corrected chi connectivity index (χ2v) is 4.70. The van der Waals surface area contributed by atoms with Crippen LogP contribution in [0.2, 0.25) is 0 Å². The number of aromatic nitrogens is 1. The van der Waals surface area contributed by atoms with Crippen LogP contribution in [0.15, 0.2) is 59.5 Å². The van der Waals surface area contributed by atoms with Crippen LogP contribution in [0, 0.1) is 0 Å². The molecule has 20 heavy (non-hydrogen) atoms. The minimum atomic E-state index is 0.0411. The van der Waals surface area contributed by atoms with Crippen LogP contribution in [-0.4, -0.2) is 24.2 Å². The highest BCUT2D eigenvalue weighted by Gasteiger charge is 2.06. The van der Waals surface area contributed by atoms with E-state index in [4.69, 9.17) is 5.73 Å². The SMILES string of the molecule is NCCCN(CCn1ccccc1=O)c1ccccc1. The Bertz CT molecular complexity index is 565. The zero-order valence-corrected chi connectivity index (χ0v) is 11.6. The molecular formula is C16H21N3O. The molecule has 0 radical (unpaired) electrons. The number of benzene rings is 1. The molecule has 4 heteroatoms. The Hall–Kier alpha value is -2.07. The summed E-state index contributed by atoms with van der Waals surface area (Å²) in [6.45, 7) is 3.06. The number of para-hydroxylation sites is 1. The smallest absolute Gasteiger partial charge is 0.250 e. The van der Waals surface area contributed by atoms with E-state index in [1.54, 1.807) is 16.7 Å². The lowest BCUT2D eigenvalue weighted by Gasteiger charge is -2.25. The number of nitrogens with two attached hydrogens (primary N) is 1. The van der Waals surface area contributed by atoms with Gasteiger partial charge in [0.1, 0.15) is 0 Å². The molecule has 0 saturated carbocycles. The third kappa shape index (κ3) is 3.96. The van der Waals surface area contributed by atoms with Crippen molar-refractivity contribution in [1.29, 1.82) is 0 Å². The molecule has 2 rings (SSSR count). The van der Waals surface area contributed by atoms with Crippen LogP contribution in [0.3, 0.4) is 0 Å². The zero-order valence-electron chi connectivity index (χ0n) is 11.6. The number of rotatable bonds is 7. The molecule has 2 N–H and O–H groups in total. The molecule has 0 saturated heterocycles. The van der Waals surface area contributed by atoms with Gasteiger partial charge in [0.2, 0.25) is 0 Å². The maximum Gasteiger partial charge on any atom is 0.250 e. The Morgan fingerprint density at radius 1 is 1.00 bits per heavy atom. The van der Waals surface area contributed by atoms with Crippen LogP contribution in [0.5, 0.6) is 0 Å². The Kier molecular flexibility index (Phi) is 5.38. The summed E-state index contributed by atoms with van der Waals surface area (Å²) >= 11 is 0. The van der Waals surface area contributed by atoms with Crippen molar-refractivity contribution >= 4 is 5.69 Å². The molecule has 0 bridgehead atoms. The molecule has 1 aromatic heterocycles. The summed E-state index contributed by atoms with van der Waals surface area (Å²) in [5.74, 6) is 0. The molecule has 0 spiro atoms. The van der Waals surface area contributed by atoms with Crippen molar-refractivity contribution in [2.45, 2.75) is 13.0 Å². The molecule has 0 aliphatic heterocycles. The summed E-state index contributed by atoms with van der Waals surface area (Å²) in [5, 5.41) is 0. The van der Waals surface area contributed by atoms with Crippen LogP contribution in [0.4, 0.5) is 5.69 Å². The van der Waals surface area contributed by atoms with Crippen molar-refractivity contribution in [3.05, 3.63) is 65.1 Å². The number of anilines is 1. The Balaban J connectivity index is 2.05. The molecule has 1 heterocycles. The van der Waals surface area contributed by atoms with E-state index in [9.17, 15) is 4.79 Å². The Morgan fingerprint density at radius 3 is 2.45 bits per heavy atom. The number of hydrogen-bond acceptors (Lipinski definition) is 3. The van der Waals surface area contributed by atoms with Crippen LogP contribution in [-0.2, 0) is 6.54 Å². The highest BCUT2D eigenvalue weighted by molar-refractivity contribution is 5.45. The van der Waals surface area contributed by atoms with E-state index in [1.807, 2.05) is 30.5 Å². The Morgan fingerprint density at radius 2 is 1.75 bits per heavy atom. The van der Waals surface area contributed by atoms with Crippen molar-refractivity contribution in [3.63, 3.8) is 0 Å². The highest BCUT2D eigenvalue weighted by Crippen LogP contribution is 2.13. The molecule has 2 aromatic rings. The first-order chi connectivity index (χ1) is 9.81. The predicted molar refractivity (Wildman–Crippen MR) is 83.0 cm³/mol. The fourth-order valence-electron chi connectivity index (χ4n) is 2.16. The fraction of sp³-hybridized carbons (Fsp3) is 0.312. The lowest BCUT2D eigenvalue weighted by Crippen LogP contribution is -2.32. The van der Waals surface area contributed by atoms with Gasteiger partial charge < -0.3 is 15.2 Å². The van der Waals surface area contributed by atoms with Gasteiger partial charge in [0.15, 0.2) is 0 Å². The highest BCUT2D eigenvalue weighted by atomic mass is 16.1. The maximum absolute atomic E-state index is 11.7. The van der Waals surface area contributed by atoms with E-state index in [2.05, 4.69) is 17.0 Å². The van der Waals surface area contributed by atoms with E-state index < -0.39 is 0 Å². The molecule has 0 aliphatic rings. The summed E-state index contributed by atoms with van der Waals surface area (Å²) < 4.78 is 1.73. The average molecular weight is 271 g/mol. The number of pyridine rings is 1. The first-order valence-corrected chi connectivity index (χ1v) is 6.97. The van der Waals surface area contributed by atoms with Gasteiger partial charge in [0, 0.05) is 37.6 Å². The minimum absolute atomic E-state index is 0.0411. The third-order valence-corrected chi connectivity index (χ3v) is 3.26. The van der Waals surface area contributed by atoms with Crippen LogP contribution < -0.4 is 16.2 Å². The van der Waals surface area contributed by atoms with Crippen molar-refractivity contribution < 1.29 is 0 Å². The average Bonchev–Trinajstić information content (AvgIpc) is 2.50. The molecule has 0 aliphatic carbocycles. The van der Waals surface area contributed by atoms with Gasteiger partial charge in [-0.3, -0.25) is 4.79 Å². The van der Waals surface area contributed by atoms with Gasteiger partial charge in [0.25, 0.3) is 5.56 Å². The second kappa shape index (κ2) is 7.50. The van der Waals surface area contributed by atoms with Crippen molar-refractivity contribution in [2.24, 2.45) is 5.73 Å². The third-order valence-electron chi connectivity index (χ3n) is 3.26. The number of nitrogens with zero attached hydrogens (tertiary/aromatic N) is 2. The van der Waals surface area contributed by atoms with Gasteiger partial charge in [-0.2, -0.15) is 0 Å². The molecule has 1 aromatic carbocycles. The monoisotopic (exact) mass is 271 g/mol. The molecular weight excluding hydrogens is 250 g/mol. The summed E-state index contributed by atoms with van der Waals surface area (Å²) in [5.41, 5.74) is 6.82. The molecule has 0 amide bonds. The molecule has 106 valence electrons. The first kappa shape index (κ1) is 14.3. The van der Waals surface area contributed by atoms with E-state index in [0.717, 1.165) is 19.5 Å². The lowest BCUT2D eigenvalue weighted by molar-refractivity contribution is 0.627. The largest absolute Gasteiger partial charge is 0.370 e. The molecule has 0 fully saturated rings. The van der Waals surface area contributed by atoms with Gasteiger partial charge in [-0.05, 0) is 31.2 Å². The Labute approximate surface area is 119 Å². The van der Waals surface area contributed by atoms with Crippen LogP contribution >= 0.6 is 0 Å². The van der Waals surface area contributed by atoms with Gasteiger partial charge in [-0.25, -0.2) is 0 Å². The number of hydrogen-bond donors (Lipinski definition) is 1. The van der Waals surface area contributed by atoms with E-state index in [-0.39, 0.29) is 5.56 Å². The maximum atomic E-state index is 11.7. The topological polar surface area (TPSA) is 51.3 Å². The molecule has 0 unspecified atom stereocenters. The van der Waals surface area contributed by atoms with Gasteiger partial charge in [-0.1, -0.05) is 24.3 Å². The van der Waals surface area contributed by atoms with Gasteiger partial charge in [0.05, 0.1) is 0 Å². The summed E-state index contributed by atoms with van der Waals surface area (Å²) in [6, 6.07) is 15.5. The van der Waals surface area contributed by atoms with Crippen LogP contribution in [0.1, 0.15) is 6.42 Å². The summed E-state index contributed by atoms with van der Waals surface area (Å²) in [7, 11) is 0. The quantitative estimate of drug-likeness (QED) is 0.834. The van der Waals surface area contributed by atoms with Crippen molar-refractivity contribution in [2.75, 3.05) is 24.5 Å². The summed E-state index contributed by atoms with van der Waals surface area (Å²) in [4.78, 5) is 14.0. The second-order valence-electron chi connectivity index (χ2n) is 4.70. The van der Waals surface area contributed by atoms with E-state index in [1.165, 1.54) is 5.69 Å². The normalized spacial score (nSPS) is 10.4. The summed E-state index contributed by atoms with van der Waals surface area (Å²) in [6.07, 6.45) is 2.77. The van der Waals surface area contributed by atoms with Crippen molar-refractivity contribution in [1.82, 2.24) is 4.57 Å². The molecule has 4 nitrogen and oxygen atoms in total. The standard InChI is InChI=1S/C16H21N3O/c17-10-6-12-18(15-7-2-1-3-8-15)13-14-19-11-5-4-9-16(19)20/h1-5,7-9,11H,6,10,12-14,17H2. The fourth-order valence-corrected chi connectivity index (χ4v) is 2.16. The molecule has 0 atom stereocenters. The lowest BCUT2D eigenvalue weighted by atomic mass is 10.2. The minimum Gasteiger partial charge on any atom is -0.370 e.